The van der Waals surface area contributed by atoms with Gasteiger partial charge in [-0.25, -0.2) is 19.2 Å². The minimum atomic E-state index is -2.10. The van der Waals surface area contributed by atoms with Crippen LogP contribution in [0.2, 0.25) is 0 Å². The maximum atomic E-state index is 14.8. The molecule has 0 unspecified atom stereocenters. The average molecular weight is 731 g/mol. The third kappa shape index (κ3) is 12.3. The molecule has 14 heteroatoms. The standard InChI is InChI=1S/C38H38F4O10/c1-23(2)35(43)49-21-9-5-7-19-47-27-15-11-25(12-16-27)37(45)51-33-29(39)31(41)34(32(42)30(33)40)52-38(46)26-13-17-28(18-14-26)48-20-8-6-10-22-50-36(44)24(3)4/h11-18H,1,3,5-10,19-22H2,2,4H3. The molecular formula is C38H38F4O10. The summed E-state index contributed by atoms with van der Waals surface area (Å²) in [6, 6.07) is 10.4. The van der Waals surface area contributed by atoms with E-state index in [1.807, 2.05) is 0 Å². The normalized spacial score (nSPS) is 10.6. The number of carbonyl (C=O) groups excluding carboxylic acids is 4. The molecule has 0 spiro atoms. The van der Waals surface area contributed by atoms with Crippen LogP contribution < -0.4 is 18.9 Å². The number of halogens is 4. The molecule has 0 aromatic heterocycles. The van der Waals surface area contributed by atoms with E-state index >= 15 is 0 Å². The lowest BCUT2D eigenvalue weighted by Gasteiger charge is -2.13. The third-order valence-electron chi connectivity index (χ3n) is 7.03. The molecule has 0 atom stereocenters. The maximum Gasteiger partial charge on any atom is 0.343 e. The zero-order valence-electron chi connectivity index (χ0n) is 28.7. The minimum Gasteiger partial charge on any atom is -0.494 e. The molecule has 3 aromatic carbocycles. The Kier molecular flexibility index (Phi) is 15.9. The zero-order chi connectivity index (χ0) is 38.2. The van der Waals surface area contributed by atoms with Gasteiger partial charge in [0.2, 0.25) is 34.8 Å². The van der Waals surface area contributed by atoms with E-state index in [1.165, 1.54) is 48.5 Å². The Bertz CT molecular complexity index is 1600. The zero-order valence-corrected chi connectivity index (χ0v) is 28.7. The number of esters is 4. The number of unbranched alkanes of at least 4 members (excludes halogenated alkanes) is 4. The number of benzene rings is 3. The summed E-state index contributed by atoms with van der Waals surface area (Å²) in [5, 5.41) is 0. The molecule has 278 valence electrons. The van der Waals surface area contributed by atoms with Crippen molar-refractivity contribution in [3.05, 3.63) is 107 Å². The van der Waals surface area contributed by atoms with Gasteiger partial charge in [0.1, 0.15) is 11.5 Å². The SMILES string of the molecule is C=C(C)C(=O)OCCCCCOc1ccc(C(=O)Oc2c(F)c(F)c(OC(=O)c3ccc(OCCCCCOC(=O)C(=C)C)cc3)c(F)c2F)cc1. The summed E-state index contributed by atoms with van der Waals surface area (Å²) in [5.41, 5.74) is 0.206. The first kappa shape index (κ1) is 40.8. The molecule has 0 aliphatic heterocycles. The molecule has 3 rings (SSSR count). The van der Waals surface area contributed by atoms with E-state index in [2.05, 4.69) is 22.6 Å². The fraction of sp³-hybridized carbons (Fsp3) is 0.316. The van der Waals surface area contributed by atoms with Crippen molar-refractivity contribution in [2.45, 2.75) is 52.4 Å². The van der Waals surface area contributed by atoms with Gasteiger partial charge in [-0.15, -0.1) is 0 Å². The molecule has 0 N–H and O–H groups in total. The van der Waals surface area contributed by atoms with Gasteiger partial charge in [0.15, 0.2) is 0 Å². The van der Waals surface area contributed by atoms with E-state index in [0.717, 1.165) is 0 Å². The number of ether oxygens (including phenoxy) is 6. The van der Waals surface area contributed by atoms with Crippen molar-refractivity contribution in [3.63, 3.8) is 0 Å². The van der Waals surface area contributed by atoms with Gasteiger partial charge in [-0.05, 0) is 101 Å². The van der Waals surface area contributed by atoms with Crippen molar-refractivity contribution < 1.29 is 65.2 Å². The number of carbonyl (C=O) groups is 4. The second-order valence-electron chi connectivity index (χ2n) is 11.4. The molecule has 0 heterocycles. The van der Waals surface area contributed by atoms with Crippen LogP contribution in [0.5, 0.6) is 23.0 Å². The smallest absolute Gasteiger partial charge is 0.343 e. The quantitative estimate of drug-likeness (QED) is 0.0282. The van der Waals surface area contributed by atoms with E-state index in [9.17, 15) is 36.7 Å². The molecule has 0 bridgehead atoms. The molecule has 0 amide bonds. The van der Waals surface area contributed by atoms with E-state index in [1.54, 1.807) is 13.8 Å². The molecule has 0 saturated heterocycles. The Balaban J connectivity index is 1.49. The lowest BCUT2D eigenvalue weighted by atomic mass is 10.2. The van der Waals surface area contributed by atoms with Crippen molar-refractivity contribution >= 4 is 23.9 Å². The van der Waals surface area contributed by atoms with Crippen molar-refractivity contribution in [3.8, 4) is 23.0 Å². The average Bonchev–Trinajstić information content (AvgIpc) is 3.13. The lowest BCUT2D eigenvalue weighted by molar-refractivity contribution is -0.139. The highest BCUT2D eigenvalue weighted by molar-refractivity contribution is 5.92. The summed E-state index contributed by atoms with van der Waals surface area (Å²) in [6.07, 6.45) is 3.94. The number of hydrogen-bond donors (Lipinski definition) is 0. The van der Waals surface area contributed by atoms with Gasteiger partial charge in [-0.3, -0.25) is 0 Å². The Morgan fingerprint density at radius 1 is 0.500 bits per heavy atom. The van der Waals surface area contributed by atoms with Gasteiger partial charge in [0, 0.05) is 11.1 Å². The van der Waals surface area contributed by atoms with Crippen molar-refractivity contribution in [2.75, 3.05) is 26.4 Å². The van der Waals surface area contributed by atoms with E-state index < -0.39 is 58.6 Å². The Morgan fingerprint density at radius 2 is 0.808 bits per heavy atom. The molecule has 52 heavy (non-hydrogen) atoms. The molecular weight excluding hydrogens is 692 g/mol. The van der Waals surface area contributed by atoms with Gasteiger partial charge in [-0.2, -0.15) is 17.6 Å². The van der Waals surface area contributed by atoms with Crippen LogP contribution >= 0.6 is 0 Å². The summed E-state index contributed by atoms with van der Waals surface area (Å²) in [7, 11) is 0. The lowest BCUT2D eigenvalue weighted by Crippen LogP contribution is -2.16. The second kappa shape index (κ2) is 20.3. The number of rotatable bonds is 20. The second-order valence-corrected chi connectivity index (χ2v) is 11.4. The fourth-order valence-corrected chi connectivity index (χ4v) is 4.17. The summed E-state index contributed by atoms with van der Waals surface area (Å²) in [6.45, 7) is 11.2. The van der Waals surface area contributed by atoms with E-state index in [4.69, 9.17) is 18.9 Å². The first-order valence-electron chi connectivity index (χ1n) is 16.2. The van der Waals surface area contributed by atoms with Crippen LogP contribution in [-0.2, 0) is 19.1 Å². The molecule has 0 aliphatic rings. The van der Waals surface area contributed by atoms with Crippen LogP contribution in [0.1, 0.15) is 73.1 Å². The molecule has 0 fully saturated rings. The van der Waals surface area contributed by atoms with Crippen molar-refractivity contribution in [2.24, 2.45) is 0 Å². The molecule has 0 aliphatic carbocycles. The van der Waals surface area contributed by atoms with Gasteiger partial charge in [-0.1, -0.05) is 13.2 Å². The van der Waals surface area contributed by atoms with Gasteiger partial charge >= 0.3 is 23.9 Å². The number of hydrogen-bond acceptors (Lipinski definition) is 10. The fourth-order valence-electron chi connectivity index (χ4n) is 4.17. The third-order valence-corrected chi connectivity index (χ3v) is 7.03. The van der Waals surface area contributed by atoms with Crippen LogP contribution in [-0.4, -0.2) is 50.3 Å². The van der Waals surface area contributed by atoms with Crippen molar-refractivity contribution in [1.82, 2.24) is 0 Å². The Labute approximate surface area is 297 Å². The molecule has 3 aromatic rings. The highest BCUT2D eigenvalue weighted by atomic mass is 19.2. The Morgan fingerprint density at radius 3 is 1.12 bits per heavy atom. The topological polar surface area (TPSA) is 124 Å². The predicted molar refractivity (Wildman–Crippen MR) is 179 cm³/mol. The first-order valence-corrected chi connectivity index (χ1v) is 16.2. The molecule has 10 nitrogen and oxygen atoms in total. The van der Waals surface area contributed by atoms with Gasteiger partial charge in [0.05, 0.1) is 37.6 Å². The van der Waals surface area contributed by atoms with Crippen LogP contribution in [0, 0.1) is 23.3 Å². The van der Waals surface area contributed by atoms with Crippen molar-refractivity contribution in [1.29, 1.82) is 0 Å². The first-order chi connectivity index (χ1) is 24.8. The van der Waals surface area contributed by atoms with Gasteiger partial charge in [0.25, 0.3) is 0 Å². The van der Waals surface area contributed by atoms with Gasteiger partial charge < -0.3 is 28.4 Å². The summed E-state index contributed by atoms with van der Waals surface area (Å²) in [5.74, 6) is -14.6. The Hall–Kier alpha value is -5.66. The highest BCUT2D eigenvalue weighted by Crippen LogP contribution is 2.35. The van der Waals surface area contributed by atoms with E-state index in [0.29, 0.717) is 74.4 Å². The summed E-state index contributed by atoms with van der Waals surface area (Å²) >= 11 is 0. The largest absolute Gasteiger partial charge is 0.494 e. The maximum absolute atomic E-state index is 14.8. The van der Waals surface area contributed by atoms with Crippen LogP contribution in [0.3, 0.4) is 0 Å². The monoisotopic (exact) mass is 730 g/mol. The van der Waals surface area contributed by atoms with Crippen LogP contribution in [0.4, 0.5) is 17.6 Å². The summed E-state index contributed by atoms with van der Waals surface area (Å²) < 4.78 is 89.7. The van der Waals surface area contributed by atoms with Crippen LogP contribution in [0.25, 0.3) is 0 Å². The predicted octanol–water partition coefficient (Wildman–Crippen LogP) is 8.02. The molecule has 0 radical (unpaired) electrons. The molecule has 0 saturated carbocycles. The summed E-state index contributed by atoms with van der Waals surface area (Å²) in [4.78, 5) is 47.8. The van der Waals surface area contributed by atoms with Crippen LogP contribution in [0.15, 0.2) is 72.8 Å². The van der Waals surface area contributed by atoms with E-state index in [-0.39, 0.29) is 24.3 Å². The minimum absolute atomic E-state index is 0.212. The highest BCUT2D eigenvalue weighted by Gasteiger charge is 2.31.